The van der Waals surface area contributed by atoms with Crippen LogP contribution in [0.2, 0.25) is 0 Å². The number of methoxy groups -OCH3 is 2. The van der Waals surface area contributed by atoms with E-state index in [-0.39, 0.29) is 18.2 Å². The minimum atomic E-state index is 0.0445. The van der Waals surface area contributed by atoms with Crippen molar-refractivity contribution in [3.05, 3.63) is 11.9 Å². The zero-order chi connectivity index (χ0) is 13.0. The highest BCUT2D eigenvalue weighted by molar-refractivity contribution is 5.29. The molecule has 2 unspecified atom stereocenters. The van der Waals surface area contributed by atoms with E-state index in [0.717, 1.165) is 11.4 Å². The molecule has 1 heterocycles. The van der Waals surface area contributed by atoms with Crippen LogP contribution in [0.4, 0.5) is 0 Å². The van der Waals surface area contributed by atoms with Crippen molar-refractivity contribution in [3.63, 3.8) is 0 Å². The third kappa shape index (κ3) is 2.79. The molecule has 1 aromatic heterocycles. The number of rotatable bonds is 6. The van der Waals surface area contributed by atoms with Gasteiger partial charge < -0.3 is 14.8 Å². The van der Waals surface area contributed by atoms with Gasteiger partial charge in [-0.2, -0.15) is 5.10 Å². The highest BCUT2D eigenvalue weighted by atomic mass is 16.5. The Morgan fingerprint density at radius 1 is 1.29 bits per heavy atom. The highest BCUT2D eigenvalue weighted by Gasteiger charge is 2.26. The topological polar surface area (TPSA) is 48.3 Å². The molecule has 1 rings (SSSR count). The minimum absolute atomic E-state index is 0.0445. The number of hydrogen-bond donors (Lipinski definition) is 1. The van der Waals surface area contributed by atoms with Gasteiger partial charge in [-0.05, 0) is 27.8 Å². The Bertz CT molecular complexity index is 350. The summed E-state index contributed by atoms with van der Waals surface area (Å²) in [5, 5.41) is 7.63. The fourth-order valence-electron chi connectivity index (χ4n) is 1.95. The Morgan fingerprint density at radius 3 is 2.35 bits per heavy atom. The standard InChI is InChI=1S/C12H23N3O2/c1-8(2)15-12(10(17-6)7-14-15)11(13-4)9(3)16-5/h7-9,11,13H,1-6H3. The van der Waals surface area contributed by atoms with Crippen LogP contribution in [0, 0.1) is 0 Å². The average Bonchev–Trinajstić information content (AvgIpc) is 2.73. The van der Waals surface area contributed by atoms with Gasteiger partial charge in [-0.15, -0.1) is 0 Å². The molecule has 0 aromatic carbocycles. The maximum Gasteiger partial charge on any atom is 0.161 e. The molecule has 5 nitrogen and oxygen atoms in total. The van der Waals surface area contributed by atoms with E-state index in [1.54, 1.807) is 20.4 Å². The normalized spacial score (nSPS) is 15.0. The lowest BCUT2D eigenvalue weighted by atomic mass is 10.1. The van der Waals surface area contributed by atoms with E-state index in [2.05, 4.69) is 24.3 Å². The summed E-state index contributed by atoms with van der Waals surface area (Å²) in [6.07, 6.45) is 1.80. The summed E-state index contributed by atoms with van der Waals surface area (Å²) in [5.74, 6) is 0.793. The molecule has 1 N–H and O–H groups in total. The van der Waals surface area contributed by atoms with Crippen LogP contribution in [0.15, 0.2) is 6.20 Å². The molecule has 0 saturated carbocycles. The highest BCUT2D eigenvalue weighted by Crippen LogP contribution is 2.29. The lowest BCUT2D eigenvalue weighted by Gasteiger charge is -2.25. The van der Waals surface area contributed by atoms with Gasteiger partial charge in [0.1, 0.15) is 5.69 Å². The maximum atomic E-state index is 5.40. The second-order valence-electron chi connectivity index (χ2n) is 4.34. The van der Waals surface area contributed by atoms with Crippen LogP contribution in [0.5, 0.6) is 5.75 Å². The summed E-state index contributed by atoms with van der Waals surface area (Å²) in [6, 6.07) is 0.341. The summed E-state index contributed by atoms with van der Waals surface area (Å²) < 4.78 is 12.7. The lowest BCUT2D eigenvalue weighted by molar-refractivity contribution is 0.0813. The van der Waals surface area contributed by atoms with Gasteiger partial charge in [-0.1, -0.05) is 0 Å². The summed E-state index contributed by atoms with van der Waals surface area (Å²) >= 11 is 0. The zero-order valence-corrected chi connectivity index (χ0v) is 11.5. The molecule has 0 amide bonds. The van der Waals surface area contributed by atoms with Crippen molar-refractivity contribution in [3.8, 4) is 5.75 Å². The van der Waals surface area contributed by atoms with Crippen molar-refractivity contribution in [2.75, 3.05) is 21.3 Å². The van der Waals surface area contributed by atoms with Crippen LogP contribution >= 0.6 is 0 Å². The third-order valence-electron chi connectivity index (χ3n) is 2.95. The first-order chi connectivity index (χ1) is 8.06. The summed E-state index contributed by atoms with van der Waals surface area (Å²) in [6.45, 7) is 6.22. The monoisotopic (exact) mass is 241 g/mol. The number of hydrogen-bond acceptors (Lipinski definition) is 4. The first-order valence-electron chi connectivity index (χ1n) is 5.88. The smallest absolute Gasteiger partial charge is 0.161 e. The molecule has 98 valence electrons. The Morgan fingerprint density at radius 2 is 1.94 bits per heavy atom. The molecular weight excluding hydrogens is 218 g/mol. The molecule has 0 spiro atoms. The van der Waals surface area contributed by atoms with Gasteiger partial charge in [-0.25, -0.2) is 0 Å². The molecule has 0 fully saturated rings. The van der Waals surface area contributed by atoms with Crippen molar-refractivity contribution in [2.24, 2.45) is 0 Å². The van der Waals surface area contributed by atoms with Gasteiger partial charge in [0.15, 0.2) is 5.75 Å². The quantitative estimate of drug-likeness (QED) is 0.824. The second-order valence-corrected chi connectivity index (χ2v) is 4.34. The zero-order valence-electron chi connectivity index (χ0n) is 11.5. The minimum Gasteiger partial charge on any atom is -0.493 e. The van der Waals surface area contributed by atoms with E-state index in [4.69, 9.17) is 9.47 Å². The van der Waals surface area contributed by atoms with Crippen LogP contribution < -0.4 is 10.1 Å². The van der Waals surface area contributed by atoms with Crippen LogP contribution in [-0.4, -0.2) is 37.2 Å². The molecule has 1 aromatic rings. The molecule has 0 aliphatic rings. The van der Waals surface area contributed by atoms with Crippen molar-refractivity contribution < 1.29 is 9.47 Å². The van der Waals surface area contributed by atoms with Gasteiger partial charge >= 0.3 is 0 Å². The molecule has 0 aliphatic heterocycles. The number of aromatic nitrogens is 2. The van der Waals surface area contributed by atoms with Crippen molar-refractivity contribution >= 4 is 0 Å². The predicted octanol–water partition coefficient (Wildman–Crippen LogP) is 1.77. The van der Waals surface area contributed by atoms with Gasteiger partial charge in [0.05, 0.1) is 25.5 Å². The van der Waals surface area contributed by atoms with E-state index in [9.17, 15) is 0 Å². The van der Waals surface area contributed by atoms with Crippen LogP contribution in [-0.2, 0) is 4.74 Å². The molecule has 0 aliphatic carbocycles. The molecule has 5 heteroatoms. The van der Waals surface area contributed by atoms with E-state index in [1.165, 1.54) is 0 Å². The van der Waals surface area contributed by atoms with E-state index in [1.807, 2.05) is 18.7 Å². The van der Waals surface area contributed by atoms with Crippen LogP contribution in [0.25, 0.3) is 0 Å². The van der Waals surface area contributed by atoms with Gasteiger partial charge in [0.25, 0.3) is 0 Å². The SMILES string of the molecule is CNC(c1c(OC)cnn1C(C)C)C(C)OC. The molecule has 2 atom stereocenters. The van der Waals surface area contributed by atoms with E-state index in [0.29, 0.717) is 0 Å². The summed E-state index contributed by atoms with van der Waals surface area (Å²) in [5.41, 5.74) is 1.03. The van der Waals surface area contributed by atoms with Gasteiger partial charge in [0.2, 0.25) is 0 Å². The lowest BCUT2D eigenvalue weighted by Crippen LogP contribution is -2.31. The van der Waals surface area contributed by atoms with Gasteiger partial charge in [0, 0.05) is 13.2 Å². The maximum absolute atomic E-state index is 5.40. The molecular formula is C12H23N3O2. The Balaban J connectivity index is 3.19. The summed E-state index contributed by atoms with van der Waals surface area (Å²) in [4.78, 5) is 0. The second kappa shape index (κ2) is 6.02. The number of nitrogens with one attached hydrogen (secondary N) is 1. The van der Waals surface area contributed by atoms with Crippen molar-refractivity contribution in [1.29, 1.82) is 0 Å². The summed E-state index contributed by atoms with van der Waals surface area (Å²) in [7, 11) is 5.28. The van der Waals surface area contributed by atoms with Gasteiger partial charge in [-0.3, -0.25) is 4.68 Å². The van der Waals surface area contributed by atoms with Crippen molar-refractivity contribution in [2.45, 2.75) is 39.0 Å². The van der Waals surface area contributed by atoms with Crippen LogP contribution in [0.1, 0.15) is 38.5 Å². The Labute approximate surface area is 103 Å². The fraction of sp³-hybridized carbons (Fsp3) is 0.750. The number of ether oxygens (including phenoxy) is 2. The molecule has 0 radical (unpaired) electrons. The fourth-order valence-corrected chi connectivity index (χ4v) is 1.95. The first kappa shape index (κ1) is 14.0. The van der Waals surface area contributed by atoms with Crippen molar-refractivity contribution in [1.82, 2.24) is 15.1 Å². The van der Waals surface area contributed by atoms with E-state index >= 15 is 0 Å². The molecule has 17 heavy (non-hydrogen) atoms. The number of likely N-dealkylation sites (N-methyl/N-ethyl adjacent to an activating group) is 1. The largest absolute Gasteiger partial charge is 0.493 e. The number of nitrogens with zero attached hydrogens (tertiary/aromatic N) is 2. The predicted molar refractivity (Wildman–Crippen MR) is 67.4 cm³/mol. The Kier molecular flexibility index (Phi) is 4.96. The van der Waals surface area contributed by atoms with Crippen LogP contribution in [0.3, 0.4) is 0 Å². The molecule has 0 bridgehead atoms. The third-order valence-corrected chi connectivity index (χ3v) is 2.95. The molecule has 0 saturated heterocycles. The van der Waals surface area contributed by atoms with E-state index < -0.39 is 0 Å². The Hall–Kier alpha value is -1.07. The first-order valence-corrected chi connectivity index (χ1v) is 5.88. The average molecular weight is 241 g/mol.